The Balaban J connectivity index is 1.60. The first kappa shape index (κ1) is 17.2. The van der Waals surface area contributed by atoms with Crippen LogP contribution in [0.4, 0.5) is 0 Å². The van der Waals surface area contributed by atoms with Gasteiger partial charge in [0.1, 0.15) is 0 Å². The number of aryl methyl sites for hydroxylation is 2. The van der Waals surface area contributed by atoms with E-state index in [0.717, 1.165) is 16.4 Å². The third-order valence-electron chi connectivity index (χ3n) is 3.64. The molecule has 1 amide bonds. The monoisotopic (exact) mass is 352 g/mol. The highest BCUT2D eigenvalue weighted by Crippen LogP contribution is 2.22. The van der Waals surface area contributed by atoms with Crippen LogP contribution in [0.5, 0.6) is 0 Å². The lowest BCUT2D eigenvalue weighted by atomic mass is 10.1. The lowest BCUT2D eigenvalue weighted by Gasteiger charge is -2.10. The second-order valence-corrected chi connectivity index (χ2v) is 6.79. The second-order valence-electron chi connectivity index (χ2n) is 5.85. The number of thioether (sulfide) groups is 1. The molecule has 128 valence electrons. The highest BCUT2D eigenvalue weighted by molar-refractivity contribution is 7.99. The molecule has 25 heavy (non-hydrogen) atoms. The predicted molar refractivity (Wildman–Crippen MR) is 99.8 cm³/mol. The summed E-state index contributed by atoms with van der Waals surface area (Å²) in [5, 5.41) is 3.71. The highest BCUT2D eigenvalue weighted by Gasteiger charge is 2.09. The summed E-state index contributed by atoms with van der Waals surface area (Å²) in [5.41, 5.74) is 4.45. The minimum atomic E-state index is -0.0242. The van der Waals surface area contributed by atoms with Crippen LogP contribution < -0.4 is 5.32 Å². The number of nitrogens with one attached hydrogen (secondary N) is 1. The van der Waals surface area contributed by atoms with Crippen LogP contribution in [0.15, 0.2) is 60.3 Å². The SMILES string of the molecule is Cc1cc(C)cc(-n2ccnc2SCC(=O)NCc2cccnc2)c1. The number of imidazole rings is 1. The number of rotatable bonds is 6. The molecule has 0 aliphatic heterocycles. The average Bonchev–Trinajstić information content (AvgIpc) is 3.07. The Morgan fingerprint density at radius 3 is 2.72 bits per heavy atom. The molecule has 1 N–H and O–H groups in total. The van der Waals surface area contributed by atoms with Crippen molar-refractivity contribution in [3.63, 3.8) is 0 Å². The van der Waals surface area contributed by atoms with Crippen molar-refractivity contribution in [2.75, 3.05) is 5.75 Å². The van der Waals surface area contributed by atoms with Crippen LogP contribution in [0.1, 0.15) is 16.7 Å². The highest BCUT2D eigenvalue weighted by atomic mass is 32.2. The van der Waals surface area contributed by atoms with Crippen LogP contribution in [0.25, 0.3) is 5.69 Å². The van der Waals surface area contributed by atoms with Gasteiger partial charge in [0.2, 0.25) is 5.91 Å². The number of benzene rings is 1. The summed E-state index contributed by atoms with van der Waals surface area (Å²) >= 11 is 1.43. The first-order valence-corrected chi connectivity index (χ1v) is 9.01. The quantitative estimate of drug-likeness (QED) is 0.692. The largest absolute Gasteiger partial charge is 0.351 e. The number of carbonyl (C=O) groups excluding carboxylic acids is 1. The molecular formula is C19H20N4OS. The summed E-state index contributed by atoms with van der Waals surface area (Å²) in [6, 6.07) is 10.2. The minimum absolute atomic E-state index is 0.0242. The standard InChI is InChI=1S/C19H20N4OS/c1-14-8-15(2)10-17(9-14)23-7-6-21-19(23)25-13-18(24)22-12-16-4-3-5-20-11-16/h3-11H,12-13H2,1-2H3,(H,22,24). The van der Waals surface area contributed by atoms with Gasteiger partial charge in [-0.15, -0.1) is 0 Å². The molecule has 1 aromatic carbocycles. The van der Waals surface area contributed by atoms with Gasteiger partial charge in [-0.2, -0.15) is 0 Å². The Hall–Kier alpha value is -2.60. The van der Waals surface area contributed by atoms with Crippen LogP contribution >= 0.6 is 11.8 Å². The summed E-state index contributed by atoms with van der Waals surface area (Å²) < 4.78 is 2.01. The van der Waals surface area contributed by atoms with E-state index in [4.69, 9.17) is 0 Å². The summed E-state index contributed by atoms with van der Waals surface area (Å²) in [7, 11) is 0. The molecule has 2 heterocycles. The summed E-state index contributed by atoms with van der Waals surface area (Å²) in [4.78, 5) is 20.5. The van der Waals surface area contributed by atoms with Gasteiger partial charge in [0.25, 0.3) is 0 Å². The van der Waals surface area contributed by atoms with Gasteiger partial charge < -0.3 is 5.32 Å². The summed E-state index contributed by atoms with van der Waals surface area (Å²) in [6.07, 6.45) is 7.14. The van der Waals surface area contributed by atoms with E-state index in [1.54, 1.807) is 18.6 Å². The first-order chi connectivity index (χ1) is 12.1. The molecule has 0 saturated carbocycles. The molecular weight excluding hydrogens is 332 g/mol. The first-order valence-electron chi connectivity index (χ1n) is 8.02. The van der Waals surface area contributed by atoms with Crippen LogP contribution in [0, 0.1) is 13.8 Å². The van der Waals surface area contributed by atoms with Gasteiger partial charge in [-0.3, -0.25) is 14.3 Å². The molecule has 0 atom stereocenters. The zero-order valence-corrected chi connectivity index (χ0v) is 15.1. The minimum Gasteiger partial charge on any atom is -0.351 e. The van der Waals surface area contributed by atoms with E-state index in [0.29, 0.717) is 12.3 Å². The number of pyridine rings is 1. The van der Waals surface area contributed by atoms with Gasteiger partial charge in [0.05, 0.1) is 5.75 Å². The van der Waals surface area contributed by atoms with Crippen LogP contribution in [-0.4, -0.2) is 26.2 Å². The Morgan fingerprint density at radius 1 is 1.20 bits per heavy atom. The van der Waals surface area contributed by atoms with Crippen LogP contribution in [-0.2, 0) is 11.3 Å². The molecule has 0 fully saturated rings. The third-order valence-corrected chi connectivity index (χ3v) is 4.60. The lowest BCUT2D eigenvalue weighted by Crippen LogP contribution is -2.24. The predicted octanol–water partition coefficient (Wildman–Crippen LogP) is 3.29. The number of aromatic nitrogens is 3. The van der Waals surface area contributed by atoms with Gasteiger partial charge in [0, 0.05) is 37.0 Å². The number of hydrogen-bond donors (Lipinski definition) is 1. The fourth-order valence-electron chi connectivity index (χ4n) is 2.57. The zero-order chi connectivity index (χ0) is 17.6. The van der Waals surface area contributed by atoms with E-state index < -0.39 is 0 Å². The Labute approximate surface area is 151 Å². The van der Waals surface area contributed by atoms with E-state index in [-0.39, 0.29) is 5.91 Å². The van der Waals surface area contributed by atoms with E-state index in [2.05, 4.69) is 47.3 Å². The molecule has 5 nitrogen and oxygen atoms in total. The van der Waals surface area contributed by atoms with Crippen LogP contribution in [0.2, 0.25) is 0 Å². The van der Waals surface area contributed by atoms with E-state index in [1.807, 2.05) is 22.9 Å². The fraction of sp³-hybridized carbons (Fsp3) is 0.211. The van der Waals surface area contributed by atoms with Gasteiger partial charge in [-0.25, -0.2) is 4.98 Å². The number of amides is 1. The Bertz CT molecular complexity index is 841. The lowest BCUT2D eigenvalue weighted by molar-refractivity contribution is -0.118. The maximum Gasteiger partial charge on any atom is 0.230 e. The Morgan fingerprint density at radius 2 is 2.00 bits per heavy atom. The van der Waals surface area contributed by atoms with Crippen molar-refractivity contribution in [1.82, 2.24) is 19.9 Å². The molecule has 3 aromatic rings. The number of carbonyl (C=O) groups is 1. The van der Waals surface area contributed by atoms with Crippen molar-refractivity contribution < 1.29 is 4.79 Å². The van der Waals surface area contributed by atoms with Crippen molar-refractivity contribution in [3.8, 4) is 5.69 Å². The number of nitrogens with zero attached hydrogens (tertiary/aromatic N) is 3. The summed E-state index contributed by atoms with van der Waals surface area (Å²) in [6.45, 7) is 4.64. The van der Waals surface area contributed by atoms with Crippen molar-refractivity contribution in [3.05, 3.63) is 71.8 Å². The van der Waals surface area contributed by atoms with Crippen LogP contribution in [0.3, 0.4) is 0 Å². The van der Waals surface area contributed by atoms with E-state index >= 15 is 0 Å². The van der Waals surface area contributed by atoms with Crippen molar-refractivity contribution >= 4 is 17.7 Å². The molecule has 6 heteroatoms. The maximum atomic E-state index is 12.1. The topological polar surface area (TPSA) is 59.8 Å². The molecule has 0 bridgehead atoms. The third kappa shape index (κ3) is 4.70. The molecule has 0 unspecified atom stereocenters. The molecule has 0 spiro atoms. The maximum absolute atomic E-state index is 12.1. The van der Waals surface area contributed by atoms with E-state index in [1.165, 1.54) is 22.9 Å². The fourth-order valence-corrected chi connectivity index (χ4v) is 3.37. The van der Waals surface area contributed by atoms with Crippen molar-refractivity contribution in [1.29, 1.82) is 0 Å². The normalized spacial score (nSPS) is 10.6. The Kier molecular flexibility index (Phi) is 5.50. The molecule has 0 aliphatic carbocycles. The smallest absolute Gasteiger partial charge is 0.230 e. The van der Waals surface area contributed by atoms with Gasteiger partial charge >= 0.3 is 0 Å². The molecule has 0 aliphatic rings. The van der Waals surface area contributed by atoms with Crippen molar-refractivity contribution in [2.24, 2.45) is 0 Å². The second kappa shape index (κ2) is 7.98. The summed E-state index contributed by atoms with van der Waals surface area (Å²) in [5.74, 6) is 0.297. The van der Waals surface area contributed by atoms with Gasteiger partial charge in [-0.1, -0.05) is 23.9 Å². The molecule has 2 aromatic heterocycles. The van der Waals surface area contributed by atoms with Crippen molar-refractivity contribution in [2.45, 2.75) is 25.5 Å². The average molecular weight is 352 g/mol. The van der Waals surface area contributed by atoms with Gasteiger partial charge in [-0.05, 0) is 48.7 Å². The molecule has 0 radical (unpaired) electrons. The number of hydrogen-bond acceptors (Lipinski definition) is 4. The zero-order valence-electron chi connectivity index (χ0n) is 14.3. The molecule has 3 rings (SSSR count). The molecule has 0 saturated heterocycles. The van der Waals surface area contributed by atoms with E-state index in [9.17, 15) is 4.79 Å². The van der Waals surface area contributed by atoms with Gasteiger partial charge in [0.15, 0.2) is 5.16 Å².